The number of unbranched alkanes of at least 4 members (excludes halogenated alkanes) is 4. The zero-order valence-corrected chi connectivity index (χ0v) is 27.8. The fraction of sp³-hybridized carbons (Fsp3) is 0.844. The number of hydrogen-bond donors (Lipinski definition) is 0. The summed E-state index contributed by atoms with van der Waals surface area (Å²) < 4.78 is 54.0. The molecule has 0 radical (unpaired) electrons. The van der Waals surface area contributed by atoms with E-state index in [1.165, 1.54) is 31.4 Å². The van der Waals surface area contributed by atoms with Crippen LogP contribution in [0.2, 0.25) is 0 Å². The molecule has 268 valence electrons. The Morgan fingerprint density at radius 3 is 1.17 bits per heavy atom. The van der Waals surface area contributed by atoms with Crippen LogP contribution in [0.3, 0.4) is 0 Å². The summed E-state index contributed by atoms with van der Waals surface area (Å²) >= 11 is 0. The first kappa shape index (κ1) is 42.0. The first-order valence-electron chi connectivity index (χ1n) is 16.5. The van der Waals surface area contributed by atoms with Gasteiger partial charge in [-0.25, -0.2) is 0 Å². The maximum absolute atomic E-state index is 11.6. The Bertz CT molecular complexity index is 750. The molecule has 1 heterocycles. The van der Waals surface area contributed by atoms with Crippen LogP contribution in [0.4, 0.5) is 0 Å². The topological polar surface area (TPSA) is 147 Å². The molecule has 0 fully saturated rings. The number of ether oxygens (including phenoxy) is 10. The summed E-state index contributed by atoms with van der Waals surface area (Å²) in [5.41, 5.74) is 0. The average molecular weight is 664 g/mol. The summed E-state index contributed by atoms with van der Waals surface area (Å²) in [5.74, 6) is -0.770. The molecule has 0 aromatic heterocycles. The van der Waals surface area contributed by atoms with Crippen LogP contribution in [0.5, 0.6) is 0 Å². The Labute approximate surface area is 274 Å². The maximum Gasteiger partial charge on any atom is 0.305 e. The van der Waals surface area contributed by atoms with Crippen LogP contribution in [0.25, 0.3) is 0 Å². The van der Waals surface area contributed by atoms with Gasteiger partial charge in [0.05, 0.1) is 125 Å². The van der Waals surface area contributed by atoms with E-state index in [-0.39, 0.29) is 37.5 Å². The van der Waals surface area contributed by atoms with Crippen molar-refractivity contribution in [2.45, 2.75) is 45.4 Å². The number of carbonyl (C=O) groups is 3. The molecule has 0 atom stereocenters. The highest BCUT2D eigenvalue weighted by Gasteiger charge is 2.22. The Balaban J connectivity index is 1.64. The summed E-state index contributed by atoms with van der Waals surface area (Å²) in [4.78, 5) is 35.5. The van der Waals surface area contributed by atoms with Gasteiger partial charge in [0.1, 0.15) is 6.61 Å². The van der Waals surface area contributed by atoms with Gasteiger partial charge in [0.2, 0.25) is 0 Å². The second-order valence-corrected chi connectivity index (χ2v) is 10.1. The number of carbonyl (C=O) groups excluding carboxylic acids is 3. The molecule has 2 amide bonds. The van der Waals surface area contributed by atoms with Crippen molar-refractivity contribution in [3.05, 3.63) is 12.2 Å². The van der Waals surface area contributed by atoms with Crippen LogP contribution in [0.1, 0.15) is 45.4 Å². The minimum atomic E-state index is -0.308. The van der Waals surface area contributed by atoms with Crippen LogP contribution in [0, 0.1) is 0 Å². The first-order chi connectivity index (χ1) is 22.6. The lowest BCUT2D eigenvalue weighted by molar-refractivity contribution is -0.145. The van der Waals surface area contributed by atoms with Gasteiger partial charge in [0.25, 0.3) is 11.8 Å². The standard InChI is InChI=1S/C32H57NO13/c1-2-3-4-5-6-7-32(36)46-29-28-45-27-26-44-25-24-43-23-22-42-21-20-41-19-18-40-17-16-39-15-14-38-13-12-37-11-10-33-30(34)8-9-31(33)35/h8-9H,2-7,10-29H2,1H3. The highest BCUT2D eigenvalue weighted by atomic mass is 16.6. The molecular formula is C32H57NO13. The molecule has 1 rings (SSSR count). The highest BCUT2D eigenvalue weighted by molar-refractivity contribution is 6.12. The first-order valence-corrected chi connectivity index (χ1v) is 16.5. The van der Waals surface area contributed by atoms with E-state index in [4.69, 9.17) is 47.4 Å². The fourth-order valence-corrected chi connectivity index (χ4v) is 3.83. The number of esters is 1. The average Bonchev–Trinajstić information content (AvgIpc) is 3.37. The summed E-state index contributed by atoms with van der Waals surface area (Å²) in [6.07, 6.45) is 8.55. The second kappa shape index (κ2) is 32.9. The van der Waals surface area contributed by atoms with Gasteiger partial charge in [-0.1, -0.05) is 32.6 Å². The minimum absolute atomic E-state index is 0.154. The normalized spacial score (nSPS) is 12.9. The van der Waals surface area contributed by atoms with Crippen molar-refractivity contribution in [2.24, 2.45) is 0 Å². The molecule has 0 aromatic rings. The molecule has 0 spiro atoms. The molecular weight excluding hydrogens is 606 g/mol. The summed E-state index contributed by atoms with van der Waals surface area (Å²) in [6, 6.07) is 0. The van der Waals surface area contributed by atoms with Gasteiger partial charge >= 0.3 is 5.97 Å². The molecule has 0 saturated heterocycles. The van der Waals surface area contributed by atoms with Crippen LogP contribution in [-0.4, -0.2) is 155 Å². The van der Waals surface area contributed by atoms with Crippen molar-refractivity contribution in [3.63, 3.8) is 0 Å². The molecule has 14 nitrogen and oxygen atoms in total. The zero-order chi connectivity index (χ0) is 33.2. The summed E-state index contributed by atoms with van der Waals surface area (Å²) in [7, 11) is 0. The molecule has 0 N–H and O–H groups in total. The molecule has 0 unspecified atom stereocenters. The smallest absolute Gasteiger partial charge is 0.305 e. The van der Waals surface area contributed by atoms with E-state index >= 15 is 0 Å². The molecule has 14 heteroatoms. The van der Waals surface area contributed by atoms with Gasteiger partial charge in [-0.3, -0.25) is 19.3 Å². The predicted molar refractivity (Wildman–Crippen MR) is 168 cm³/mol. The molecule has 0 bridgehead atoms. The number of nitrogens with zero attached hydrogens (tertiary/aromatic N) is 1. The van der Waals surface area contributed by atoms with Crippen LogP contribution >= 0.6 is 0 Å². The third-order valence-electron chi connectivity index (χ3n) is 6.31. The molecule has 0 aliphatic carbocycles. The van der Waals surface area contributed by atoms with Gasteiger partial charge in [-0.2, -0.15) is 0 Å². The number of imide groups is 1. The number of amides is 2. The van der Waals surface area contributed by atoms with Crippen molar-refractivity contribution >= 4 is 17.8 Å². The largest absolute Gasteiger partial charge is 0.463 e. The van der Waals surface area contributed by atoms with E-state index in [0.29, 0.717) is 119 Å². The van der Waals surface area contributed by atoms with Crippen LogP contribution in [-0.2, 0) is 61.8 Å². The van der Waals surface area contributed by atoms with Gasteiger partial charge in [0.15, 0.2) is 0 Å². The minimum Gasteiger partial charge on any atom is -0.463 e. The van der Waals surface area contributed by atoms with Crippen LogP contribution in [0.15, 0.2) is 12.2 Å². The van der Waals surface area contributed by atoms with E-state index < -0.39 is 0 Å². The van der Waals surface area contributed by atoms with E-state index in [9.17, 15) is 14.4 Å². The molecule has 46 heavy (non-hydrogen) atoms. The maximum atomic E-state index is 11.6. The summed E-state index contributed by atoms with van der Waals surface area (Å²) in [6.45, 7) is 10.7. The molecule has 0 aromatic carbocycles. The summed E-state index contributed by atoms with van der Waals surface area (Å²) in [5, 5.41) is 0. The van der Waals surface area contributed by atoms with Crippen LogP contribution < -0.4 is 0 Å². The fourth-order valence-electron chi connectivity index (χ4n) is 3.83. The van der Waals surface area contributed by atoms with E-state index in [0.717, 1.165) is 17.7 Å². The molecule has 0 saturated carbocycles. The third kappa shape index (κ3) is 27.1. The van der Waals surface area contributed by atoms with Crippen molar-refractivity contribution in [2.75, 3.05) is 132 Å². The monoisotopic (exact) mass is 663 g/mol. The van der Waals surface area contributed by atoms with Crippen molar-refractivity contribution in [3.8, 4) is 0 Å². The SMILES string of the molecule is CCCCCCCC(=O)OCCOCCOCCOCCOCCOCCOCCOCCOCCOCCN1C(=O)C=CC1=O. The third-order valence-corrected chi connectivity index (χ3v) is 6.31. The second-order valence-electron chi connectivity index (χ2n) is 10.1. The van der Waals surface area contributed by atoms with E-state index in [1.807, 2.05) is 0 Å². The van der Waals surface area contributed by atoms with Crippen molar-refractivity contribution in [1.29, 1.82) is 0 Å². The zero-order valence-electron chi connectivity index (χ0n) is 27.8. The Morgan fingerprint density at radius 2 is 0.804 bits per heavy atom. The van der Waals surface area contributed by atoms with Crippen molar-refractivity contribution in [1.82, 2.24) is 4.90 Å². The lowest BCUT2D eigenvalue weighted by atomic mass is 10.1. The highest BCUT2D eigenvalue weighted by Crippen LogP contribution is 2.05. The lowest BCUT2D eigenvalue weighted by Gasteiger charge is -2.13. The van der Waals surface area contributed by atoms with Crippen molar-refractivity contribution < 1.29 is 61.8 Å². The quantitative estimate of drug-likeness (QED) is 0.0547. The van der Waals surface area contributed by atoms with Gasteiger partial charge in [-0.15, -0.1) is 0 Å². The molecule has 1 aliphatic heterocycles. The predicted octanol–water partition coefficient (Wildman–Crippen LogP) is 1.96. The Kier molecular flexibility index (Phi) is 30.1. The van der Waals surface area contributed by atoms with E-state index in [2.05, 4.69) is 6.92 Å². The Morgan fingerprint density at radius 1 is 0.478 bits per heavy atom. The Hall–Kier alpha value is -2.01. The lowest BCUT2D eigenvalue weighted by Crippen LogP contribution is -2.33. The van der Waals surface area contributed by atoms with Gasteiger partial charge in [-0.05, 0) is 6.42 Å². The van der Waals surface area contributed by atoms with Gasteiger partial charge in [0, 0.05) is 18.6 Å². The van der Waals surface area contributed by atoms with E-state index in [1.54, 1.807) is 0 Å². The number of rotatable bonds is 36. The number of hydrogen-bond acceptors (Lipinski definition) is 13. The molecule has 1 aliphatic rings. The van der Waals surface area contributed by atoms with Gasteiger partial charge < -0.3 is 47.4 Å².